The van der Waals surface area contributed by atoms with E-state index in [9.17, 15) is 14.9 Å². The molecule has 6 nitrogen and oxygen atoms in total. The smallest absolute Gasteiger partial charge is 0.270 e. The number of nitro groups is 1. The lowest BCUT2D eigenvalue weighted by Gasteiger charge is -2.12. The van der Waals surface area contributed by atoms with E-state index in [-0.39, 0.29) is 18.2 Å². The van der Waals surface area contributed by atoms with Crippen LogP contribution in [0.5, 0.6) is 5.75 Å². The Labute approximate surface area is 140 Å². The van der Waals surface area contributed by atoms with Crippen molar-refractivity contribution in [2.75, 3.05) is 11.9 Å². The second-order valence-electron chi connectivity index (χ2n) is 5.79. The number of nitrogens with one attached hydrogen (secondary N) is 1. The fourth-order valence-corrected chi connectivity index (χ4v) is 2.37. The number of rotatable bonds is 5. The van der Waals surface area contributed by atoms with Gasteiger partial charge in [0.05, 0.1) is 4.92 Å². The zero-order valence-corrected chi connectivity index (χ0v) is 14.2. The van der Waals surface area contributed by atoms with Gasteiger partial charge in [-0.05, 0) is 62.1 Å². The molecule has 0 heterocycles. The number of hydrogen-bond donors (Lipinski definition) is 1. The Hall–Kier alpha value is -2.89. The molecule has 24 heavy (non-hydrogen) atoms. The van der Waals surface area contributed by atoms with Crippen molar-refractivity contribution >= 4 is 17.3 Å². The van der Waals surface area contributed by atoms with Crippen LogP contribution in [0.4, 0.5) is 11.4 Å². The molecule has 2 rings (SSSR count). The fourth-order valence-electron chi connectivity index (χ4n) is 2.37. The molecule has 1 amide bonds. The molecule has 0 saturated heterocycles. The average molecular weight is 328 g/mol. The van der Waals surface area contributed by atoms with E-state index in [2.05, 4.69) is 5.32 Å². The Morgan fingerprint density at radius 1 is 1.04 bits per heavy atom. The molecule has 0 saturated carbocycles. The van der Waals surface area contributed by atoms with Crippen molar-refractivity contribution in [3.05, 3.63) is 62.7 Å². The highest BCUT2D eigenvalue weighted by molar-refractivity contribution is 5.93. The number of hydrogen-bond acceptors (Lipinski definition) is 4. The van der Waals surface area contributed by atoms with Crippen molar-refractivity contribution in [2.24, 2.45) is 0 Å². The number of aryl methyl sites for hydroxylation is 4. The quantitative estimate of drug-likeness (QED) is 0.668. The standard InChI is InChI=1S/C18H20N2O4/c1-11-5-6-16(9-12(11)2)24-10-17(21)19-18-13(3)7-15(20(22)23)8-14(18)4/h5-9H,10H2,1-4H3,(H,19,21). The molecule has 0 atom stereocenters. The fraction of sp³-hybridized carbons (Fsp3) is 0.278. The highest BCUT2D eigenvalue weighted by Crippen LogP contribution is 2.26. The third-order valence-electron chi connectivity index (χ3n) is 3.84. The van der Waals surface area contributed by atoms with Crippen molar-refractivity contribution in [3.8, 4) is 5.75 Å². The van der Waals surface area contributed by atoms with E-state index in [1.807, 2.05) is 32.0 Å². The molecule has 0 aliphatic carbocycles. The largest absolute Gasteiger partial charge is 0.484 e. The minimum atomic E-state index is -0.450. The molecule has 6 heteroatoms. The number of non-ortho nitro benzene ring substituents is 1. The highest BCUT2D eigenvalue weighted by atomic mass is 16.6. The Kier molecular flexibility index (Phi) is 5.18. The zero-order chi connectivity index (χ0) is 17.9. The van der Waals surface area contributed by atoms with Gasteiger partial charge in [0.15, 0.2) is 6.61 Å². The molecule has 0 unspecified atom stereocenters. The van der Waals surface area contributed by atoms with Crippen LogP contribution in [-0.2, 0) is 4.79 Å². The van der Waals surface area contributed by atoms with Gasteiger partial charge >= 0.3 is 0 Å². The summed E-state index contributed by atoms with van der Waals surface area (Å²) in [7, 11) is 0. The number of nitro benzene ring substituents is 1. The molecule has 126 valence electrons. The van der Waals surface area contributed by atoms with Gasteiger partial charge in [0.1, 0.15) is 5.75 Å². The molecule has 0 aliphatic heterocycles. The van der Waals surface area contributed by atoms with Crippen LogP contribution in [0.2, 0.25) is 0 Å². The zero-order valence-electron chi connectivity index (χ0n) is 14.2. The van der Waals surface area contributed by atoms with E-state index in [1.54, 1.807) is 13.8 Å². The summed E-state index contributed by atoms with van der Waals surface area (Å²) in [5.41, 5.74) is 4.12. The summed E-state index contributed by atoms with van der Waals surface area (Å²) >= 11 is 0. The first-order valence-electron chi connectivity index (χ1n) is 7.53. The molecular formula is C18H20N2O4. The van der Waals surface area contributed by atoms with Crippen LogP contribution in [-0.4, -0.2) is 17.4 Å². The van der Waals surface area contributed by atoms with Crippen LogP contribution in [0.1, 0.15) is 22.3 Å². The SMILES string of the molecule is Cc1ccc(OCC(=O)Nc2c(C)cc([N+](=O)[O-])cc2C)cc1C. The summed E-state index contributed by atoms with van der Waals surface area (Å²) in [5, 5.41) is 13.6. The molecule has 0 fully saturated rings. The van der Waals surface area contributed by atoms with Gasteiger partial charge in [0.2, 0.25) is 0 Å². The Balaban J connectivity index is 2.04. The van der Waals surface area contributed by atoms with Gasteiger partial charge in [0, 0.05) is 17.8 Å². The van der Waals surface area contributed by atoms with Crippen LogP contribution in [0.15, 0.2) is 30.3 Å². The third kappa shape index (κ3) is 4.10. The third-order valence-corrected chi connectivity index (χ3v) is 3.84. The van der Waals surface area contributed by atoms with Gasteiger partial charge in [-0.25, -0.2) is 0 Å². The van der Waals surface area contributed by atoms with Crippen LogP contribution in [0.3, 0.4) is 0 Å². The van der Waals surface area contributed by atoms with Crippen LogP contribution < -0.4 is 10.1 Å². The maximum atomic E-state index is 12.1. The van der Waals surface area contributed by atoms with Crippen molar-refractivity contribution in [3.63, 3.8) is 0 Å². The van der Waals surface area contributed by atoms with Gasteiger partial charge in [-0.15, -0.1) is 0 Å². The molecule has 0 aliphatic rings. The van der Waals surface area contributed by atoms with Gasteiger partial charge in [-0.1, -0.05) is 6.07 Å². The van der Waals surface area contributed by atoms with Crippen molar-refractivity contribution in [1.82, 2.24) is 0 Å². The Bertz CT molecular complexity index is 777. The molecular weight excluding hydrogens is 308 g/mol. The number of carbonyl (C=O) groups is 1. The summed E-state index contributed by atoms with van der Waals surface area (Å²) in [6, 6.07) is 8.51. The predicted molar refractivity (Wildman–Crippen MR) is 92.6 cm³/mol. The maximum absolute atomic E-state index is 12.1. The number of ether oxygens (including phenoxy) is 1. The lowest BCUT2D eigenvalue weighted by Crippen LogP contribution is -2.21. The van der Waals surface area contributed by atoms with Crippen LogP contribution >= 0.6 is 0 Å². The second kappa shape index (κ2) is 7.12. The van der Waals surface area contributed by atoms with Gasteiger partial charge in [-0.3, -0.25) is 14.9 Å². The van der Waals surface area contributed by atoms with Crippen molar-refractivity contribution < 1.29 is 14.5 Å². The second-order valence-corrected chi connectivity index (χ2v) is 5.79. The minimum absolute atomic E-state index is 0.00868. The molecule has 0 radical (unpaired) electrons. The molecule has 0 bridgehead atoms. The Morgan fingerprint density at radius 2 is 1.67 bits per heavy atom. The summed E-state index contributed by atoms with van der Waals surface area (Å²) in [4.78, 5) is 22.5. The topological polar surface area (TPSA) is 81.5 Å². The van der Waals surface area contributed by atoms with E-state index in [0.29, 0.717) is 22.6 Å². The average Bonchev–Trinajstić information content (AvgIpc) is 2.51. The number of benzene rings is 2. The molecule has 2 aromatic carbocycles. The minimum Gasteiger partial charge on any atom is -0.484 e. The van der Waals surface area contributed by atoms with E-state index in [0.717, 1.165) is 11.1 Å². The summed E-state index contributed by atoms with van der Waals surface area (Å²) in [5.74, 6) is 0.318. The van der Waals surface area contributed by atoms with E-state index in [1.165, 1.54) is 12.1 Å². The lowest BCUT2D eigenvalue weighted by atomic mass is 10.1. The van der Waals surface area contributed by atoms with Gasteiger partial charge in [0.25, 0.3) is 11.6 Å². The number of anilines is 1. The summed E-state index contributed by atoms with van der Waals surface area (Å²) in [6.07, 6.45) is 0. The van der Waals surface area contributed by atoms with Crippen LogP contribution in [0.25, 0.3) is 0 Å². The highest BCUT2D eigenvalue weighted by Gasteiger charge is 2.14. The van der Waals surface area contributed by atoms with E-state index < -0.39 is 4.92 Å². The molecule has 2 aromatic rings. The van der Waals surface area contributed by atoms with Crippen molar-refractivity contribution in [1.29, 1.82) is 0 Å². The maximum Gasteiger partial charge on any atom is 0.270 e. The summed E-state index contributed by atoms with van der Waals surface area (Å²) < 4.78 is 5.50. The predicted octanol–water partition coefficient (Wildman–Crippen LogP) is 3.85. The monoisotopic (exact) mass is 328 g/mol. The van der Waals surface area contributed by atoms with Gasteiger partial charge < -0.3 is 10.1 Å². The first kappa shape index (κ1) is 17.5. The number of carbonyl (C=O) groups excluding carboxylic acids is 1. The normalized spacial score (nSPS) is 10.3. The molecule has 0 aromatic heterocycles. The van der Waals surface area contributed by atoms with Crippen molar-refractivity contribution in [2.45, 2.75) is 27.7 Å². The lowest BCUT2D eigenvalue weighted by molar-refractivity contribution is -0.384. The van der Waals surface area contributed by atoms with E-state index >= 15 is 0 Å². The molecule has 0 spiro atoms. The first-order valence-corrected chi connectivity index (χ1v) is 7.53. The van der Waals surface area contributed by atoms with Gasteiger partial charge in [-0.2, -0.15) is 0 Å². The first-order chi connectivity index (χ1) is 11.3. The molecule has 1 N–H and O–H groups in total. The van der Waals surface area contributed by atoms with E-state index in [4.69, 9.17) is 4.74 Å². The Morgan fingerprint density at radius 3 is 2.21 bits per heavy atom. The van der Waals surface area contributed by atoms with Crippen LogP contribution in [0, 0.1) is 37.8 Å². The summed E-state index contributed by atoms with van der Waals surface area (Å²) in [6.45, 7) is 7.30. The number of nitrogens with zero attached hydrogens (tertiary/aromatic N) is 1. The number of amides is 1.